The zero-order valence-electron chi connectivity index (χ0n) is 18.3. The topological polar surface area (TPSA) is 97.8 Å². The molecule has 32 heavy (non-hydrogen) atoms. The molecule has 1 saturated carbocycles. The highest BCUT2D eigenvalue weighted by atomic mass is 15.3. The first-order valence-electron chi connectivity index (χ1n) is 11.1. The number of pyridine rings is 1. The number of nitrogens with two attached hydrogens (primary N) is 1. The van der Waals surface area contributed by atoms with Crippen molar-refractivity contribution in [1.29, 1.82) is 0 Å². The van der Waals surface area contributed by atoms with Crippen molar-refractivity contribution in [2.75, 3.05) is 25.5 Å². The van der Waals surface area contributed by atoms with Crippen molar-refractivity contribution in [3.8, 4) is 11.4 Å². The Labute approximate surface area is 187 Å². The SMILES string of the molecule is CN(CCN)Cc1cccc(-c2nc(NCc3ccncc3)c3cnn(C4CC4)c3n2)c1. The summed E-state index contributed by atoms with van der Waals surface area (Å²) < 4.78 is 2.05. The molecule has 0 amide bonds. The van der Waals surface area contributed by atoms with Gasteiger partial charge in [0.05, 0.1) is 17.6 Å². The van der Waals surface area contributed by atoms with Crippen molar-refractivity contribution >= 4 is 16.9 Å². The molecule has 3 N–H and O–H groups in total. The Kier molecular flexibility index (Phi) is 5.79. The smallest absolute Gasteiger partial charge is 0.164 e. The maximum absolute atomic E-state index is 5.70. The van der Waals surface area contributed by atoms with E-state index in [9.17, 15) is 0 Å². The van der Waals surface area contributed by atoms with Crippen LogP contribution in [0.4, 0.5) is 5.82 Å². The van der Waals surface area contributed by atoms with Gasteiger partial charge in [0.2, 0.25) is 0 Å². The summed E-state index contributed by atoms with van der Waals surface area (Å²) in [5.41, 5.74) is 9.95. The lowest BCUT2D eigenvalue weighted by molar-refractivity contribution is 0.336. The van der Waals surface area contributed by atoms with Crippen LogP contribution < -0.4 is 11.1 Å². The number of nitrogens with one attached hydrogen (secondary N) is 1. The molecule has 0 atom stereocenters. The molecule has 0 unspecified atom stereocenters. The summed E-state index contributed by atoms with van der Waals surface area (Å²) in [4.78, 5) is 16.2. The number of hydrogen-bond donors (Lipinski definition) is 2. The third-order valence-electron chi connectivity index (χ3n) is 5.70. The number of nitrogens with zero attached hydrogens (tertiary/aromatic N) is 6. The largest absolute Gasteiger partial charge is 0.365 e. The average molecular weight is 429 g/mol. The first-order chi connectivity index (χ1) is 15.7. The fourth-order valence-corrected chi connectivity index (χ4v) is 3.88. The molecule has 0 aliphatic heterocycles. The van der Waals surface area contributed by atoms with Crippen LogP contribution in [0, 0.1) is 0 Å². The van der Waals surface area contributed by atoms with E-state index in [1.54, 1.807) is 12.4 Å². The van der Waals surface area contributed by atoms with Gasteiger partial charge in [0.15, 0.2) is 11.5 Å². The van der Waals surface area contributed by atoms with Gasteiger partial charge in [0, 0.05) is 44.1 Å². The quantitative estimate of drug-likeness (QED) is 0.422. The highest BCUT2D eigenvalue weighted by Gasteiger charge is 2.27. The number of fused-ring (bicyclic) bond motifs is 1. The molecule has 1 aliphatic carbocycles. The maximum Gasteiger partial charge on any atom is 0.164 e. The van der Waals surface area contributed by atoms with E-state index >= 15 is 0 Å². The molecule has 4 aromatic rings. The number of likely N-dealkylation sites (N-methyl/N-ethyl adjacent to an activating group) is 1. The molecule has 3 aromatic heterocycles. The third kappa shape index (κ3) is 4.46. The lowest BCUT2D eigenvalue weighted by Gasteiger charge is -2.16. The van der Waals surface area contributed by atoms with Crippen molar-refractivity contribution in [3.05, 3.63) is 66.1 Å². The van der Waals surface area contributed by atoms with Gasteiger partial charge in [0.25, 0.3) is 0 Å². The Morgan fingerprint density at radius 3 is 2.75 bits per heavy atom. The van der Waals surface area contributed by atoms with Gasteiger partial charge in [-0.2, -0.15) is 5.10 Å². The Morgan fingerprint density at radius 2 is 1.97 bits per heavy atom. The zero-order chi connectivity index (χ0) is 21.9. The molecular weight excluding hydrogens is 400 g/mol. The number of rotatable bonds is 9. The van der Waals surface area contributed by atoms with E-state index in [0.29, 0.717) is 25.0 Å². The monoisotopic (exact) mass is 428 g/mol. The predicted octanol–water partition coefficient (Wildman–Crippen LogP) is 3.23. The van der Waals surface area contributed by atoms with E-state index in [-0.39, 0.29) is 0 Å². The van der Waals surface area contributed by atoms with Crippen molar-refractivity contribution in [3.63, 3.8) is 0 Å². The van der Waals surface area contributed by atoms with E-state index in [0.717, 1.165) is 53.9 Å². The predicted molar refractivity (Wildman–Crippen MR) is 126 cm³/mol. The maximum atomic E-state index is 5.70. The van der Waals surface area contributed by atoms with Crippen LogP contribution in [0.25, 0.3) is 22.4 Å². The first-order valence-corrected chi connectivity index (χ1v) is 11.1. The molecule has 0 bridgehead atoms. The van der Waals surface area contributed by atoms with Gasteiger partial charge in [-0.1, -0.05) is 18.2 Å². The minimum atomic E-state index is 0.444. The van der Waals surface area contributed by atoms with Gasteiger partial charge >= 0.3 is 0 Å². The molecular formula is C24H28N8. The second kappa shape index (κ2) is 9.02. The van der Waals surface area contributed by atoms with Crippen LogP contribution in [-0.4, -0.2) is 49.8 Å². The van der Waals surface area contributed by atoms with Gasteiger partial charge in [-0.25, -0.2) is 14.6 Å². The normalized spacial score (nSPS) is 13.7. The summed E-state index contributed by atoms with van der Waals surface area (Å²) in [6.45, 7) is 3.00. The summed E-state index contributed by atoms with van der Waals surface area (Å²) in [5.74, 6) is 1.51. The number of hydrogen-bond acceptors (Lipinski definition) is 7. The van der Waals surface area contributed by atoms with Gasteiger partial charge in [-0.05, 0) is 49.2 Å². The summed E-state index contributed by atoms with van der Waals surface area (Å²) in [5, 5.41) is 9.08. The van der Waals surface area contributed by atoms with Crippen LogP contribution in [0.3, 0.4) is 0 Å². The average Bonchev–Trinajstić information content (AvgIpc) is 3.57. The lowest BCUT2D eigenvalue weighted by Crippen LogP contribution is -2.24. The Hall–Kier alpha value is -3.36. The number of aromatic nitrogens is 5. The fraction of sp³-hybridized carbons (Fsp3) is 0.333. The Balaban J connectivity index is 1.50. The number of benzene rings is 1. The van der Waals surface area contributed by atoms with Crippen LogP contribution in [0.15, 0.2) is 55.0 Å². The van der Waals surface area contributed by atoms with Gasteiger partial charge in [0.1, 0.15) is 5.82 Å². The van der Waals surface area contributed by atoms with Gasteiger partial charge in [-0.3, -0.25) is 4.98 Å². The Bertz CT molecular complexity index is 1200. The third-order valence-corrected chi connectivity index (χ3v) is 5.70. The molecule has 1 aliphatic rings. The molecule has 0 radical (unpaired) electrons. The molecule has 8 nitrogen and oxygen atoms in total. The highest BCUT2D eigenvalue weighted by Crippen LogP contribution is 2.37. The summed E-state index contributed by atoms with van der Waals surface area (Å²) in [6.07, 6.45) is 7.79. The lowest BCUT2D eigenvalue weighted by atomic mass is 10.1. The molecule has 0 spiro atoms. The van der Waals surface area contributed by atoms with Crippen LogP contribution in [0.5, 0.6) is 0 Å². The molecule has 164 valence electrons. The Morgan fingerprint density at radius 1 is 1.12 bits per heavy atom. The van der Waals surface area contributed by atoms with Crippen LogP contribution in [-0.2, 0) is 13.1 Å². The van der Waals surface area contributed by atoms with Crippen LogP contribution in [0.2, 0.25) is 0 Å². The summed E-state index contributed by atoms with van der Waals surface area (Å²) in [6, 6.07) is 12.9. The number of anilines is 1. The van der Waals surface area contributed by atoms with Crippen molar-refractivity contribution in [2.24, 2.45) is 5.73 Å². The molecule has 0 saturated heterocycles. The second-order valence-corrected chi connectivity index (χ2v) is 8.39. The molecule has 8 heteroatoms. The second-order valence-electron chi connectivity index (χ2n) is 8.39. The van der Waals surface area contributed by atoms with Crippen molar-refractivity contribution in [2.45, 2.75) is 32.0 Å². The molecule has 5 rings (SSSR count). The van der Waals surface area contributed by atoms with E-state index in [1.165, 1.54) is 5.56 Å². The van der Waals surface area contributed by atoms with E-state index in [1.807, 2.05) is 18.3 Å². The van der Waals surface area contributed by atoms with Gasteiger partial charge < -0.3 is 16.0 Å². The minimum absolute atomic E-state index is 0.444. The standard InChI is InChI=1S/C24H28N8/c1-31(12-9-25)16-18-3-2-4-19(13-18)22-29-23(27-14-17-7-10-26-11-8-17)21-15-28-32(20-5-6-20)24(21)30-22/h2-4,7-8,10-11,13,15,20H,5-6,9,12,14,16,25H2,1H3,(H,27,29,30). The van der Waals surface area contributed by atoms with Crippen molar-refractivity contribution in [1.82, 2.24) is 29.6 Å². The van der Waals surface area contributed by atoms with Crippen LogP contribution in [0.1, 0.15) is 30.0 Å². The van der Waals surface area contributed by atoms with E-state index in [2.05, 4.69) is 56.3 Å². The van der Waals surface area contributed by atoms with Crippen molar-refractivity contribution < 1.29 is 0 Å². The first kappa shape index (κ1) is 20.5. The van der Waals surface area contributed by atoms with E-state index < -0.39 is 0 Å². The summed E-state index contributed by atoms with van der Waals surface area (Å²) >= 11 is 0. The van der Waals surface area contributed by atoms with Gasteiger partial charge in [-0.15, -0.1) is 0 Å². The fourth-order valence-electron chi connectivity index (χ4n) is 3.88. The highest BCUT2D eigenvalue weighted by molar-refractivity contribution is 5.88. The zero-order valence-corrected chi connectivity index (χ0v) is 18.3. The molecule has 1 fully saturated rings. The molecule has 1 aromatic carbocycles. The van der Waals surface area contributed by atoms with E-state index in [4.69, 9.17) is 15.7 Å². The molecule has 3 heterocycles. The summed E-state index contributed by atoms with van der Waals surface area (Å²) in [7, 11) is 2.08. The minimum Gasteiger partial charge on any atom is -0.365 e. The van der Waals surface area contributed by atoms with Crippen LogP contribution >= 0.6 is 0 Å².